The topological polar surface area (TPSA) is 63.4 Å². The minimum absolute atomic E-state index is 0.0629. The van der Waals surface area contributed by atoms with Gasteiger partial charge in [-0.3, -0.25) is 0 Å². The van der Waals surface area contributed by atoms with Crippen molar-refractivity contribution in [3.05, 3.63) is 22.3 Å². The lowest BCUT2D eigenvalue weighted by atomic mass is 9.87. The average molecular weight is 199 g/mol. The van der Waals surface area contributed by atoms with Gasteiger partial charge in [0, 0.05) is 22.5 Å². The maximum Gasteiger partial charge on any atom is 0.101 e. The summed E-state index contributed by atoms with van der Waals surface area (Å²) in [7, 11) is 0. The van der Waals surface area contributed by atoms with Crippen LogP contribution in [0.5, 0.6) is 0 Å². The number of fused-ring (bicyclic) bond motifs is 1. The second-order valence-corrected chi connectivity index (χ2v) is 4.62. The van der Waals surface area contributed by atoms with Gasteiger partial charge in [-0.2, -0.15) is 5.26 Å². The quantitative estimate of drug-likeness (QED) is 0.640. The Morgan fingerprint density at radius 1 is 1.53 bits per heavy atom. The molecule has 1 aromatic rings. The molecule has 0 saturated carbocycles. The largest absolute Gasteiger partial charge is 0.360 e. The van der Waals surface area contributed by atoms with E-state index < -0.39 is 0 Å². The summed E-state index contributed by atoms with van der Waals surface area (Å²) in [5.41, 5.74) is 1.19. The first-order valence-electron chi connectivity index (χ1n) is 4.91. The van der Waals surface area contributed by atoms with Gasteiger partial charge in [0.2, 0.25) is 0 Å². The number of nitrogens with zero attached hydrogens (tertiary/aromatic N) is 1. The third-order valence-electron chi connectivity index (χ3n) is 2.57. The van der Waals surface area contributed by atoms with E-state index in [1.165, 1.54) is 0 Å². The molecule has 2 N–H and O–H groups in total. The Balaban J connectivity index is 2.84. The van der Waals surface area contributed by atoms with E-state index in [2.05, 4.69) is 31.0 Å². The molecule has 0 fully saturated rings. The normalized spacial score (nSPS) is 18.1. The summed E-state index contributed by atoms with van der Waals surface area (Å²) in [6, 6.07) is 2.16. The Kier molecular flexibility index (Phi) is 2.01. The van der Waals surface area contributed by atoms with Crippen LogP contribution in [-0.2, 0) is 0 Å². The number of hydrogen-bond donors (Lipinski definition) is 2. The zero-order valence-corrected chi connectivity index (χ0v) is 8.89. The van der Waals surface area contributed by atoms with Gasteiger partial charge in [0.15, 0.2) is 0 Å². The second-order valence-electron chi connectivity index (χ2n) is 4.62. The zero-order chi connectivity index (χ0) is 11.1. The second kappa shape index (κ2) is 3.09. The van der Waals surface area contributed by atoms with Gasteiger partial charge in [-0.15, -0.1) is 0 Å². The van der Waals surface area contributed by atoms with Crippen molar-refractivity contribution < 1.29 is 0 Å². The van der Waals surface area contributed by atoms with Crippen LogP contribution in [0.2, 0.25) is 0 Å². The number of aromatic amines is 1. The highest BCUT2D eigenvalue weighted by molar-refractivity contribution is 6.08. The molecule has 3 heteroatoms. The van der Waals surface area contributed by atoms with E-state index >= 15 is 0 Å². The molecule has 76 valence electrons. The molecule has 0 radical (unpaired) electrons. The van der Waals surface area contributed by atoms with Crippen molar-refractivity contribution in [2.24, 2.45) is 5.41 Å². The summed E-state index contributed by atoms with van der Waals surface area (Å²) in [4.78, 5) is 3.04. The monoisotopic (exact) mass is 199 g/mol. The van der Waals surface area contributed by atoms with Crippen LogP contribution in [0.4, 0.5) is 0 Å². The van der Waals surface area contributed by atoms with Crippen LogP contribution in [0.15, 0.2) is 6.20 Å². The van der Waals surface area contributed by atoms with Crippen LogP contribution in [0.1, 0.15) is 25.8 Å². The average Bonchev–Trinajstić information content (AvgIpc) is 2.41. The third-order valence-corrected chi connectivity index (χ3v) is 2.57. The molecule has 0 saturated heterocycles. The third kappa shape index (κ3) is 1.71. The highest BCUT2D eigenvalue weighted by Gasteiger charge is 2.19. The maximum atomic E-state index is 8.95. The Morgan fingerprint density at radius 3 is 2.93 bits per heavy atom. The Labute approximate surface area is 88.3 Å². The van der Waals surface area contributed by atoms with Gasteiger partial charge in [0.25, 0.3) is 0 Å². The van der Waals surface area contributed by atoms with Crippen LogP contribution in [0.25, 0.3) is 12.2 Å². The Morgan fingerprint density at radius 2 is 2.27 bits per heavy atom. The van der Waals surface area contributed by atoms with Gasteiger partial charge in [-0.05, 0) is 17.9 Å². The molecule has 0 atom stereocenters. The van der Waals surface area contributed by atoms with Crippen molar-refractivity contribution in [3.63, 3.8) is 0 Å². The zero-order valence-electron chi connectivity index (χ0n) is 8.89. The fourth-order valence-electron chi connectivity index (χ4n) is 1.98. The van der Waals surface area contributed by atoms with E-state index in [0.717, 1.165) is 10.6 Å². The number of hydrogen-bond acceptors (Lipinski definition) is 2. The molecule has 0 spiro atoms. The minimum atomic E-state index is -0.0629. The number of nitriles is 1. The number of aromatic nitrogens is 1. The van der Waals surface area contributed by atoms with Crippen LogP contribution in [0, 0.1) is 22.2 Å². The summed E-state index contributed by atoms with van der Waals surface area (Å²) < 4.78 is 0. The van der Waals surface area contributed by atoms with Crippen molar-refractivity contribution in [2.75, 3.05) is 0 Å². The van der Waals surface area contributed by atoms with Gasteiger partial charge in [0.05, 0.1) is 5.56 Å². The Bertz CT molecular complexity index is 567. The molecule has 15 heavy (non-hydrogen) atoms. The molecule has 0 bridgehead atoms. The van der Waals surface area contributed by atoms with Crippen molar-refractivity contribution in [2.45, 2.75) is 20.3 Å². The number of H-pyrrole nitrogens is 1. The van der Waals surface area contributed by atoms with E-state index in [1.54, 1.807) is 12.3 Å². The lowest BCUT2D eigenvalue weighted by Crippen LogP contribution is -2.25. The molecule has 1 heterocycles. The Hall–Kier alpha value is -1.82. The van der Waals surface area contributed by atoms with E-state index in [0.29, 0.717) is 17.7 Å². The van der Waals surface area contributed by atoms with Crippen molar-refractivity contribution in [1.82, 2.24) is 4.98 Å². The summed E-state index contributed by atoms with van der Waals surface area (Å²) in [5.74, 6) is 0. The maximum absolute atomic E-state index is 8.95. The van der Waals surface area contributed by atoms with Crippen LogP contribution in [0.3, 0.4) is 0 Å². The van der Waals surface area contributed by atoms with Gasteiger partial charge in [0.1, 0.15) is 6.07 Å². The fourth-order valence-corrected chi connectivity index (χ4v) is 1.98. The molecular formula is C12H13N3. The van der Waals surface area contributed by atoms with Crippen molar-refractivity contribution in [3.8, 4) is 6.07 Å². The molecule has 0 aromatic carbocycles. The van der Waals surface area contributed by atoms with E-state index in [4.69, 9.17) is 10.7 Å². The molecule has 1 aliphatic rings. The molecular weight excluding hydrogens is 186 g/mol. The minimum Gasteiger partial charge on any atom is -0.360 e. The molecule has 1 aromatic heterocycles. The van der Waals surface area contributed by atoms with Crippen molar-refractivity contribution >= 4 is 17.9 Å². The predicted octanol–water partition coefficient (Wildman–Crippen LogP) is 0.897. The predicted molar refractivity (Wildman–Crippen MR) is 59.8 cm³/mol. The summed E-state index contributed by atoms with van der Waals surface area (Å²) >= 11 is 0. The number of rotatable bonds is 0. The molecule has 0 amide bonds. The molecule has 1 aliphatic carbocycles. The smallest absolute Gasteiger partial charge is 0.101 e. The standard InChI is InChI=1S/C12H13N3/c1-12(2)4-9(14)3-11-10(5-12)8(6-13)7-15-11/h3,5,7,14-15H,4H2,1-2H3. The van der Waals surface area contributed by atoms with Gasteiger partial charge >= 0.3 is 0 Å². The lowest BCUT2D eigenvalue weighted by Gasteiger charge is -2.17. The van der Waals surface area contributed by atoms with E-state index in [1.807, 2.05) is 0 Å². The van der Waals surface area contributed by atoms with Crippen LogP contribution in [-0.4, -0.2) is 10.7 Å². The van der Waals surface area contributed by atoms with Gasteiger partial charge in [-0.1, -0.05) is 19.9 Å². The fraction of sp³-hybridized carbons (Fsp3) is 0.333. The summed E-state index contributed by atoms with van der Waals surface area (Å²) in [5, 5.41) is 18.6. The van der Waals surface area contributed by atoms with E-state index in [9.17, 15) is 0 Å². The molecule has 2 rings (SSSR count). The first kappa shape index (κ1) is 9.72. The first-order valence-corrected chi connectivity index (χ1v) is 4.91. The molecule has 0 unspecified atom stereocenters. The van der Waals surface area contributed by atoms with Crippen LogP contribution >= 0.6 is 0 Å². The summed E-state index contributed by atoms with van der Waals surface area (Å²) in [6.45, 7) is 4.16. The molecule has 0 aliphatic heterocycles. The SMILES string of the molecule is CC1(C)C=c2c(C#N)c[nH]c2=CC(=N)C1. The highest BCUT2D eigenvalue weighted by atomic mass is 14.7. The number of nitrogens with one attached hydrogen (secondary N) is 2. The first-order chi connectivity index (χ1) is 7.02. The van der Waals surface area contributed by atoms with E-state index in [-0.39, 0.29) is 5.41 Å². The van der Waals surface area contributed by atoms with Crippen LogP contribution < -0.4 is 10.6 Å². The lowest BCUT2D eigenvalue weighted by molar-refractivity contribution is 0.543. The van der Waals surface area contributed by atoms with Crippen molar-refractivity contribution in [1.29, 1.82) is 10.7 Å². The molecule has 3 nitrogen and oxygen atoms in total. The van der Waals surface area contributed by atoms with Gasteiger partial charge < -0.3 is 10.4 Å². The highest BCUT2D eigenvalue weighted by Crippen LogP contribution is 2.23. The summed E-state index contributed by atoms with van der Waals surface area (Å²) in [6.07, 6.45) is 6.30. The van der Waals surface area contributed by atoms with Gasteiger partial charge in [-0.25, -0.2) is 0 Å².